The van der Waals surface area contributed by atoms with E-state index in [9.17, 15) is 18.3 Å². The summed E-state index contributed by atoms with van der Waals surface area (Å²) in [6.45, 7) is 1.42. The Bertz CT molecular complexity index is 1280. The van der Waals surface area contributed by atoms with Crippen molar-refractivity contribution in [2.75, 3.05) is 32.6 Å². The Balaban J connectivity index is 1.38. The van der Waals surface area contributed by atoms with Crippen molar-refractivity contribution in [3.8, 4) is 5.75 Å². The van der Waals surface area contributed by atoms with Crippen LogP contribution in [-0.4, -0.2) is 58.1 Å². The number of carbonyl (C=O) groups is 1. The number of carboxylic acid groups (broad SMARTS) is 1. The first-order valence-corrected chi connectivity index (χ1v) is 13.7. The number of likely N-dealkylation sites (tertiary alicyclic amines) is 1. The van der Waals surface area contributed by atoms with Crippen molar-refractivity contribution in [2.24, 2.45) is 0 Å². The highest BCUT2D eigenvalue weighted by Gasteiger charge is 2.31. The van der Waals surface area contributed by atoms with Crippen molar-refractivity contribution in [3.63, 3.8) is 0 Å². The molecule has 0 saturated carbocycles. The van der Waals surface area contributed by atoms with E-state index in [4.69, 9.17) is 13.7 Å². The molecule has 36 heavy (non-hydrogen) atoms. The fourth-order valence-corrected chi connectivity index (χ4v) is 4.86. The second-order valence-corrected chi connectivity index (χ2v) is 10.6. The molecular formula is C27H30NO7S-. The minimum atomic E-state index is -3.45. The number of amides is 1. The zero-order valence-corrected chi connectivity index (χ0v) is 21.0. The fraction of sp³-hybridized carbons (Fsp3) is 0.370. The molecule has 0 radical (unpaired) electrons. The molecule has 9 heteroatoms. The highest BCUT2D eigenvalue weighted by molar-refractivity contribution is 7.85. The zero-order chi connectivity index (χ0) is 25.5. The second-order valence-electron chi connectivity index (χ2n) is 8.94. The first-order valence-electron chi connectivity index (χ1n) is 11.9. The van der Waals surface area contributed by atoms with E-state index in [1.54, 1.807) is 0 Å². The second kappa shape index (κ2) is 11.7. The molecule has 2 unspecified atom stereocenters. The molecule has 1 amide bonds. The van der Waals surface area contributed by atoms with E-state index in [1.807, 2.05) is 42.5 Å². The largest absolute Gasteiger partial charge is 0.530 e. The Hall–Kier alpha value is -3.14. The molecule has 1 aliphatic heterocycles. The molecule has 0 spiro atoms. The molecule has 0 aliphatic carbocycles. The Morgan fingerprint density at radius 3 is 2.50 bits per heavy atom. The van der Waals surface area contributed by atoms with E-state index in [2.05, 4.69) is 24.3 Å². The number of piperidine rings is 1. The normalized spacial score (nSPS) is 18.3. The third-order valence-electron chi connectivity index (χ3n) is 6.26. The van der Waals surface area contributed by atoms with E-state index in [0.717, 1.165) is 28.2 Å². The third-order valence-corrected chi connectivity index (χ3v) is 6.85. The molecule has 8 nitrogen and oxygen atoms in total. The zero-order valence-electron chi connectivity index (χ0n) is 20.2. The van der Waals surface area contributed by atoms with E-state index < -0.39 is 16.2 Å². The van der Waals surface area contributed by atoms with Crippen LogP contribution >= 0.6 is 0 Å². The van der Waals surface area contributed by atoms with Gasteiger partial charge in [-0.2, -0.15) is 8.42 Å². The van der Waals surface area contributed by atoms with Crippen LogP contribution in [0, 0.1) is 0 Å². The summed E-state index contributed by atoms with van der Waals surface area (Å²) in [6, 6.07) is 22.0. The molecular weight excluding hydrogens is 482 g/mol. The van der Waals surface area contributed by atoms with Gasteiger partial charge in [-0.05, 0) is 46.5 Å². The summed E-state index contributed by atoms with van der Waals surface area (Å²) in [7, 11) is -3.45. The number of rotatable bonds is 10. The summed E-state index contributed by atoms with van der Waals surface area (Å²) >= 11 is 0. The Morgan fingerprint density at radius 1 is 1.03 bits per heavy atom. The molecule has 0 bridgehead atoms. The van der Waals surface area contributed by atoms with Gasteiger partial charge in [0.1, 0.15) is 11.8 Å². The SMILES string of the molecule is CS(=O)(=O)OCCCOc1ccc(C2CCN(C(=O)[O-])CC2OCc2ccc3ccccc3c2)cc1. The lowest BCUT2D eigenvalue weighted by Crippen LogP contribution is -2.51. The topological polar surface area (TPSA) is 105 Å². The average Bonchev–Trinajstić information content (AvgIpc) is 2.86. The molecule has 0 aromatic heterocycles. The van der Waals surface area contributed by atoms with Gasteiger partial charge in [0.25, 0.3) is 10.1 Å². The number of ether oxygens (including phenoxy) is 2. The molecule has 4 rings (SSSR count). The van der Waals surface area contributed by atoms with Crippen molar-refractivity contribution >= 4 is 27.0 Å². The van der Waals surface area contributed by atoms with E-state index in [1.165, 1.54) is 4.90 Å². The number of benzene rings is 3. The minimum absolute atomic E-state index is 0.0262. The standard InChI is InChI=1S/C27H31NO7S/c1-36(31,32)35-16-4-15-33-24-11-9-22(10-12-24)25-13-14-28(27(29)30)18-26(25)34-19-20-7-8-21-5-2-3-6-23(21)17-20/h2-3,5-12,17,25-26H,4,13-16,18-19H2,1H3,(H,29,30)/p-1. The summed E-state index contributed by atoms with van der Waals surface area (Å²) in [6.07, 6.45) is 0.586. The summed E-state index contributed by atoms with van der Waals surface area (Å²) in [4.78, 5) is 12.8. The minimum Gasteiger partial charge on any atom is -0.530 e. The van der Waals surface area contributed by atoms with Crippen molar-refractivity contribution in [1.82, 2.24) is 4.90 Å². The lowest BCUT2D eigenvalue weighted by molar-refractivity contribution is -0.268. The number of hydrogen-bond donors (Lipinski definition) is 0. The van der Waals surface area contributed by atoms with Gasteiger partial charge in [-0.15, -0.1) is 0 Å². The van der Waals surface area contributed by atoms with Crippen LogP contribution in [0.4, 0.5) is 4.79 Å². The van der Waals surface area contributed by atoms with Gasteiger partial charge in [0.15, 0.2) is 0 Å². The van der Waals surface area contributed by atoms with Crippen molar-refractivity contribution < 1.29 is 32.0 Å². The van der Waals surface area contributed by atoms with Gasteiger partial charge in [0.05, 0.1) is 32.2 Å². The van der Waals surface area contributed by atoms with Crippen LogP contribution in [0.25, 0.3) is 10.8 Å². The lowest BCUT2D eigenvalue weighted by atomic mass is 9.87. The van der Waals surface area contributed by atoms with Crippen LogP contribution in [0.3, 0.4) is 0 Å². The quantitative estimate of drug-likeness (QED) is 0.303. The molecule has 1 fully saturated rings. The van der Waals surface area contributed by atoms with E-state index in [-0.39, 0.29) is 25.2 Å². The first-order chi connectivity index (χ1) is 17.3. The molecule has 1 aliphatic rings. The van der Waals surface area contributed by atoms with Crippen LogP contribution in [0.15, 0.2) is 66.7 Å². The highest BCUT2D eigenvalue weighted by atomic mass is 32.2. The van der Waals surface area contributed by atoms with Crippen LogP contribution in [-0.2, 0) is 25.6 Å². The number of carbonyl (C=O) groups excluding carboxylic acids is 1. The van der Waals surface area contributed by atoms with Crippen molar-refractivity contribution in [3.05, 3.63) is 77.9 Å². The maximum Gasteiger partial charge on any atom is 0.264 e. The Morgan fingerprint density at radius 2 is 1.78 bits per heavy atom. The summed E-state index contributed by atoms with van der Waals surface area (Å²) in [5, 5.41) is 13.8. The van der Waals surface area contributed by atoms with Gasteiger partial charge >= 0.3 is 0 Å². The summed E-state index contributed by atoms with van der Waals surface area (Å²) in [5.41, 5.74) is 2.07. The van der Waals surface area contributed by atoms with Gasteiger partial charge in [0, 0.05) is 25.4 Å². The fourth-order valence-electron chi connectivity index (χ4n) is 4.43. The van der Waals surface area contributed by atoms with Crippen molar-refractivity contribution in [2.45, 2.75) is 31.5 Å². The van der Waals surface area contributed by atoms with Crippen LogP contribution in [0.5, 0.6) is 5.75 Å². The molecule has 192 valence electrons. The monoisotopic (exact) mass is 512 g/mol. The summed E-state index contributed by atoms with van der Waals surface area (Å²) < 4.78 is 38.7. The van der Waals surface area contributed by atoms with Crippen LogP contribution in [0.2, 0.25) is 0 Å². The smallest absolute Gasteiger partial charge is 0.264 e. The molecule has 3 aromatic rings. The number of nitrogens with zero attached hydrogens (tertiary/aromatic N) is 1. The maximum atomic E-state index is 11.5. The van der Waals surface area contributed by atoms with Crippen molar-refractivity contribution in [1.29, 1.82) is 0 Å². The van der Waals surface area contributed by atoms with Gasteiger partial charge in [0.2, 0.25) is 0 Å². The van der Waals surface area contributed by atoms with Crippen LogP contribution < -0.4 is 9.84 Å². The number of hydrogen-bond acceptors (Lipinski definition) is 7. The lowest BCUT2D eigenvalue weighted by Gasteiger charge is -2.40. The van der Waals surface area contributed by atoms with E-state index >= 15 is 0 Å². The molecule has 1 heterocycles. The number of fused-ring (bicyclic) bond motifs is 1. The van der Waals surface area contributed by atoms with Gasteiger partial charge in [-0.3, -0.25) is 4.18 Å². The summed E-state index contributed by atoms with van der Waals surface area (Å²) in [5.74, 6) is 0.692. The molecule has 2 atom stereocenters. The molecule has 1 saturated heterocycles. The Kier molecular flexibility index (Phi) is 8.45. The van der Waals surface area contributed by atoms with Gasteiger partial charge < -0.3 is 24.3 Å². The predicted molar refractivity (Wildman–Crippen MR) is 134 cm³/mol. The maximum absolute atomic E-state index is 11.5. The molecule has 0 N–H and O–H groups in total. The van der Waals surface area contributed by atoms with Gasteiger partial charge in [-0.25, -0.2) is 0 Å². The van der Waals surface area contributed by atoms with Gasteiger partial charge in [-0.1, -0.05) is 48.5 Å². The first kappa shape index (κ1) is 25.9. The van der Waals surface area contributed by atoms with E-state index in [0.29, 0.717) is 38.3 Å². The average molecular weight is 513 g/mol. The predicted octanol–water partition coefficient (Wildman–Crippen LogP) is 3.30. The van der Waals surface area contributed by atoms with Crippen LogP contribution in [0.1, 0.15) is 29.9 Å². The highest BCUT2D eigenvalue weighted by Crippen LogP contribution is 2.32. The third kappa shape index (κ3) is 7.19. The molecule has 3 aromatic carbocycles. The Labute approximate surface area is 211 Å².